The normalized spacial score (nSPS) is 16.1. The molecule has 4 nitrogen and oxygen atoms in total. The highest BCUT2D eigenvalue weighted by Gasteiger charge is 2.27. The summed E-state index contributed by atoms with van der Waals surface area (Å²) in [5.41, 5.74) is 7.19. The van der Waals surface area contributed by atoms with E-state index >= 15 is 0 Å². The number of carbonyl (C=O) groups excluding carboxylic acids is 1. The smallest absolute Gasteiger partial charge is 0.270 e. The van der Waals surface area contributed by atoms with Crippen LogP contribution in [0.5, 0.6) is 0 Å². The molecule has 1 aliphatic rings. The zero-order valence-corrected chi connectivity index (χ0v) is 11.4. The molecule has 2 rings (SSSR count). The third kappa shape index (κ3) is 2.37. The molecule has 0 saturated heterocycles. The Hall–Kier alpha value is -1.45. The molecule has 1 aromatic heterocycles. The second-order valence-electron chi connectivity index (χ2n) is 4.97. The van der Waals surface area contributed by atoms with Gasteiger partial charge in [0, 0.05) is 25.3 Å². The van der Waals surface area contributed by atoms with Crippen molar-refractivity contribution in [2.75, 3.05) is 12.3 Å². The summed E-state index contributed by atoms with van der Waals surface area (Å²) in [6, 6.07) is 2.22. The van der Waals surface area contributed by atoms with Gasteiger partial charge in [-0.1, -0.05) is 12.8 Å². The van der Waals surface area contributed by atoms with Crippen LogP contribution in [0.15, 0.2) is 12.3 Å². The van der Waals surface area contributed by atoms with Gasteiger partial charge in [0.15, 0.2) is 0 Å². The maximum absolute atomic E-state index is 12.6. The van der Waals surface area contributed by atoms with Gasteiger partial charge in [-0.2, -0.15) is 0 Å². The molecule has 18 heavy (non-hydrogen) atoms. The lowest BCUT2D eigenvalue weighted by molar-refractivity contribution is 0.0682. The predicted molar refractivity (Wildman–Crippen MR) is 73.5 cm³/mol. The number of aromatic nitrogens is 1. The first-order valence-corrected chi connectivity index (χ1v) is 6.94. The van der Waals surface area contributed by atoms with Crippen molar-refractivity contribution < 1.29 is 4.79 Å². The highest BCUT2D eigenvalue weighted by atomic mass is 16.2. The van der Waals surface area contributed by atoms with Gasteiger partial charge in [0.2, 0.25) is 0 Å². The molecule has 0 unspecified atom stereocenters. The largest absolute Gasteiger partial charge is 0.397 e. The van der Waals surface area contributed by atoms with Crippen LogP contribution in [0.4, 0.5) is 5.69 Å². The molecule has 100 valence electrons. The minimum Gasteiger partial charge on any atom is -0.397 e. The molecule has 1 heterocycles. The summed E-state index contributed by atoms with van der Waals surface area (Å²) in [6.07, 6.45) is 6.61. The molecule has 1 amide bonds. The summed E-state index contributed by atoms with van der Waals surface area (Å²) in [5.74, 6) is 0.128. The van der Waals surface area contributed by atoms with E-state index in [1.165, 1.54) is 12.8 Å². The first-order chi connectivity index (χ1) is 8.67. The molecule has 0 bridgehead atoms. The molecular formula is C14H23N3O. The number of anilines is 1. The molecule has 0 aromatic carbocycles. The van der Waals surface area contributed by atoms with Crippen molar-refractivity contribution >= 4 is 11.6 Å². The number of aryl methyl sites for hydroxylation is 1. The number of carbonyl (C=O) groups is 1. The van der Waals surface area contributed by atoms with E-state index in [2.05, 4.69) is 6.92 Å². The van der Waals surface area contributed by atoms with Crippen LogP contribution < -0.4 is 5.73 Å². The minimum atomic E-state index is 0.128. The second-order valence-corrected chi connectivity index (χ2v) is 4.97. The fourth-order valence-corrected chi connectivity index (χ4v) is 2.90. The van der Waals surface area contributed by atoms with Gasteiger partial charge in [0.05, 0.1) is 5.69 Å². The monoisotopic (exact) mass is 249 g/mol. The minimum absolute atomic E-state index is 0.128. The van der Waals surface area contributed by atoms with Crippen molar-refractivity contribution in [1.29, 1.82) is 0 Å². The quantitative estimate of drug-likeness (QED) is 0.891. The summed E-state index contributed by atoms with van der Waals surface area (Å²) in [4.78, 5) is 14.6. The van der Waals surface area contributed by atoms with E-state index < -0.39 is 0 Å². The van der Waals surface area contributed by atoms with E-state index in [1.807, 2.05) is 22.6 Å². The molecule has 0 spiro atoms. The summed E-state index contributed by atoms with van der Waals surface area (Å²) in [6.45, 7) is 5.64. The summed E-state index contributed by atoms with van der Waals surface area (Å²) in [7, 11) is 0. The fourth-order valence-electron chi connectivity index (χ4n) is 2.90. The van der Waals surface area contributed by atoms with Gasteiger partial charge in [0.1, 0.15) is 5.69 Å². The van der Waals surface area contributed by atoms with Crippen LogP contribution in [0, 0.1) is 0 Å². The number of rotatable bonds is 4. The zero-order valence-electron chi connectivity index (χ0n) is 11.4. The molecule has 1 saturated carbocycles. The second kappa shape index (κ2) is 5.46. The van der Waals surface area contributed by atoms with Crippen LogP contribution in [-0.4, -0.2) is 28.0 Å². The number of nitrogens with zero attached hydrogens (tertiary/aromatic N) is 2. The maximum atomic E-state index is 12.6. The van der Waals surface area contributed by atoms with Crippen LogP contribution in [-0.2, 0) is 6.54 Å². The topological polar surface area (TPSA) is 51.3 Å². The van der Waals surface area contributed by atoms with E-state index in [9.17, 15) is 4.79 Å². The Bertz CT molecular complexity index is 419. The summed E-state index contributed by atoms with van der Waals surface area (Å²) >= 11 is 0. The van der Waals surface area contributed by atoms with Gasteiger partial charge in [-0.05, 0) is 32.8 Å². The Morgan fingerprint density at radius 3 is 2.67 bits per heavy atom. The van der Waals surface area contributed by atoms with E-state index in [0.29, 0.717) is 11.7 Å². The van der Waals surface area contributed by atoms with Crippen molar-refractivity contribution in [2.24, 2.45) is 0 Å². The van der Waals surface area contributed by atoms with Gasteiger partial charge in [-0.25, -0.2) is 0 Å². The lowest BCUT2D eigenvalue weighted by Crippen LogP contribution is -2.39. The van der Waals surface area contributed by atoms with Crippen molar-refractivity contribution in [1.82, 2.24) is 9.47 Å². The lowest BCUT2D eigenvalue weighted by Gasteiger charge is -2.28. The van der Waals surface area contributed by atoms with Crippen LogP contribution >= 0.6 is 0 Å². The van der Waals surface area contributed by atoms with Crippen LogP contribution in [0.25, 0.3) is 0 Å². The number of nitrogens with two attached hydrogens (primary N) is 1. The fraction of sp³-hybridized carbons (Fsp3) is 0.643. The number of nitrogen functional groups attached to an aromatic ring is 1. The SMILES string of the molecule is CCN(C(=O)c1cc(N)cn1CC)C1CCCC1. The van der Waals surface area contributed by atoms with Gasteiger partial charge in [-0.3, -0.25) is 4.79 Å². The first-order valence-electron chi connectivity index (χ1n) is 6.94. The van der Waals surface area contributed by atoms with E-state index in [4.69, 9.17) is 5.73 Å². The number of hydrogen-bond donors (Lipinski definition) is 1. The highest BCUT2D eigenvalue weighted by Crippen LogP contribution is 2.25. The van der Waals surface area contributed by atoms with Crippen LogP contribution in [0.3, 0.4) is 0 Å². The third-order valence-corrected chi connectivity index (χ3v) is 3.84. The van der Waals surface area contributed by atoms with Gasteiger partial charge in [0.25, 0.3) is 5.91 Å². The lowest BCUT2D eigenvalue weighted by atomic mass is 10.2. The van der Waals surface area contributed by atoms with Crippen molar-refractivity contribution in [3.8, 4) is 0 Å². The molecule has 1 fully saturated rings. The summed E-state index contributed by atoms with van der Waals surface area (Å²) in [5, 5.41) is 0. The predicted octanol–water partition coefficient (Wildman–Crippen LogP) is 2.49. The standard InChI is InChI=1S/C14H23N3O/c1-3-16-10-11(15)9-13(16)14(18)17(4-2)12-7-5-6-8-12/h9-10,12H,3-8,15H2,1-2H3. The van der Waals surface area contributed by atoms with E-state index in [-0.39, 0.29) is 5.91 Å². The third-order valence-electron chi connectivity index (χ3n) is 3.84. The van der Waals surface area contributed by atoms with Gasteiger partial charge >= 0.3 is 0 Å². The van der Waals surface area contributed by atoms with E-state index in [1.54, 1.807) is 6.07 Å². The maximum Gasteiger partial charge on any atom is 0.270 e. The molecule has 2 N–H and O–H groups in total. The molecular weight excluding hydrogens is 226 g/mol. The Morgan fingerprint density at radius 1 is 1.44 bits per heavy atom. The number of hydrogen-bond acceptors (Lipinski definition) is 2. The Balaban J connectivity index is 2.22. The summed E-state index contributed by atoms with van der Waals surface area (Å²) < 4.78 is 1.94. The molecule has 0 atom stereocenters. The zero-order chi connectivity index (χ0) is 13.1. The van der Waals surface area contributed by atoms with Crippen LogP contribution in [0.2, 0.25) is 0 Å². The Kier molecular flexibility index (Phi) is 3.94. The molecule has 0 radical (unpaired) electrons. The van der Waals surface area contributed by atoms with Crippen molar-refractivity contribution in [3.05, 3.63) is 18.0 Å². The van der Waals surface area contributed by atoms with Crippen molar-refractivity contribution in [2.45, 2.75) is 52.1 Å². The van der Waals surface area contributed by atoms with Crippen LogP contribution in [0.1, 0.15) is 50.0 Å². The van der Waals surface area contributed by atoms with Gasteiger partial charge < -0.3 is 15.2 Å². The first kappa shape index (κ1) is 13.0. The average Bonchev–Trinajstić information content (AvgIpc) is 2.99. The average molecular weight is 249 g/mol. The van der Waals surface area contributed by atoms with Gasteiger partial charge in [-0.15, -0.1) is 0 Å². The Morgan fingerprint density at radius 2 is 2.11 bits per heavy atom. The highest BCUT2D eigenvalue weighted by molar-refractivity contribution is 5.94. The molecule has 4 heteroatoms. The molecule has 0 aliphatic heterocycles. The Labute approximate surface area is 109 Å². The number of amides is 1. The van der Waals surface area contributed by atoms with E-state index in [0.717, 1.165) is 31.6 Å². The molecule has 1 aliphatic carbocycles. The van der Waals surface area contributed by atoms with Crippen molar-refractivity contribution in [3.63, 3.8) is 0 Å². The molecule has 1 aromatic rings.